The molecule has 2 aromatic rings. The van der Waals surface area contributed by atoms with Gasteiger partial charge in [0, 0.05) is 49.7 Å². The zero-order chi connectivity index (χ0) is 23.8. The summed E-state index contributed by atoms with van der Waals surface area (Å²) in [5.74, 6) is -0.519. The lowest BCUT2D eigenvalue weighted by Gasteiger charge is -2.39. The third-order valence-corrected chi connectivity index (χ3v) is 5.64. The number of carbonyl (C=O) groups excluding carboxylic acids is 1. The third kappa shape index (κ3) is 7.61. The first-order chi connectivity index (χ1) is 15.8. The maximum Gasteiger partial charge on any atom is 0.303 e. The van der Waals surface area contributed by atoms with E-state index in [0.29, 0.717) is 49.1 Å². The van der Waals surface area contributed by atoms with Crippen molar-refractivity contribution in [3.8, 4) is 11.5 Å². The smallest absolute Gasteiger partial charge is 0.303 e. The van der Waals surface area contributed by atoms with Crippen LogP contribution in [-0.4, -0.2) is 65.7 Å². The van der Waals surface area contributed by atoms with Crippen LogP contribution < -0.4 is 9.47 Å². The van der Waals surface area contributed by atoms with Crippen LogP contribution in [0.5, 0.6) is 11.5 Å². The van der Waals surface area contributed by atoms with Crippen LogP contribution >= 0.6 is 11.6 Å². The lowest BCUT2D eigenvalue weighted by atomic mass is 10.1. The van der Waals surface area contributed by atoms with Crippen molar-refractivity contribution in [3.05, 3.63) is 58.9 Å². The normalized spacial score (nSPS) is 16.5. The number of amides is 1. The van der Waals surface area contributed by atoms with Gasteiger partial charge in [-0.05, 0) is 43.2 Å². The second kappa shape index (κ2) is 11.9. The molecule has 0 radical (unpaired) electrons. The van der Waals surface area contributed by atoms with Gasteiger partial charge in [-0.3, -0.25) is 14.5 Å². The number of carboxylic acids is 1. The van der Waals surface area contributed by atoms with E-state index < -0.39 is 5.97 Å². The van der Waals surface area contributed by atoms with Crippen LogP contribution in [0.15, 0.2) is 42.5 Å². The third-order valence-electron chi connectivity index (χ3n) is 5.40. The second-order valence-electron chi connectivity index (χ2n) is 8.02. The van der Waals surface area contributed by atoms with Crippen LogP contribution in [0.25, 0.3) is 0 Å². The average molecular weight is 479 g/mol. The molecule has 0 spiro atoms. The fourth-order valence-corrected chi connectivity index (χ4v) is 3.90. The molecule has 1 unspecified atom stereocenters. The van der Waals surface area contributed by atoms with E-state index in [1.165, 1.54) is 12.1 Å². The van der Waals surface area contributed by atoms with Crippen molar-refractivity contribution in [2.45, 2.75) is 32.4 Å². The van der Waals surface area contributed by atoms with Crippen LogP contribution in [0, 0.1) is 5.82 Å². The molecule has 178 valence electrons. The molecule has 9 heteroatoms. The zero-order valence-electron chi connectivity index (χ0n) is 18.5. The van der Waals surface area contributed by atoms with Gasteiger partial charge in [0.15, 0.2) is 18.1 Å². The van der Waals surface area contributed by atoms with Gasteiger partial charge in [-0.2, -0.15) is 0 Å². The summed E-state index contributed by atoms with van der Waals surface area (Å²) in [5, 5.41) is 9.19. The van der Waals surface area contributed by atoms with Gasteiger partial charge < -0.3 is 19.5 Å². The molecule has 33 heavy (non-hydrogen) atoms. The highest BCUT2D eigenvalue weighted by atomic mass is 35.5. The molecule has 7 nitrogen and oxygen atoms in total. The Kier molecular flexibility index (Phi) is 8.91. The van der Waals surface area contributed by atoms with E-state index in [1.54, 1.807) is 35.2 Å². The van der Waals surface area contributed by atoms with Gasteiger partial charge in [0.25, 0.3) is 5.91 Å². The molecule has 1 amide bonds. The van der Waals surface area contributed by atoms with Gasteiger partial charge in [-0.25, -0.2) is 4.39 Å². The Hall–Kier alpha value is -2.84. The molecule has 1 atom stereocenters. The van der Waals surface area contributed by atoms with Crippen molar-refractivity contribution in [1.82, 2.24) is 9.80 Å². The van der Waals surface area contributed by atoms with Gasteiger partial charge in [0.1, 0.15) is 5.82 Å². The average Bonchev–Trinajstić information content (AvgIpc) is 2.77. The summed E-state index contributed by atoms with van der Waals surface area (Å²) in [6, 6.07) is 11.3. The number of carbonyl (C=O) groups is 2. The van der Waals surface area contributed by atoms with E-state index in [2.05, 4.69) is 4.90 Å². The van der Waals surface area contributed by atoms with Crippen LogP contribution in [0.2, 0.25) is 5.02 Å². The highest BCUT2D eigenvalue weighted by Crippen LogP contribution is 2.30. The van der Waals surface area contributed by atoms with Crippen molar-refractivity contribution < 1.29 is 28.6 Å². The number of ether oxygens (including phenoxy) is 2. The molecule has 3 rings (SSSR count). The summed E-state index contributed by atoms with van der Waals surface area (Å²) >= 11 is 6.03. The molecule has 2 aromatic carbocycles. The van der Waals surface area contributed by atoms with E-state index in [1.807, 2.05) is 6.92 Å². The van der Waals surface area contributed by atoms with Crippen molar-refractivity contribution in [2.24, 2.45) is 0 Å². The maximum atomic E-state index is 13.1. The fourth-order valence-electron chi connectivity index (χ4n) is 3.74. The molecular weight excluding hydrogens is 451 g/mol. The Bertz CT molecular complexity index is 956. The first-order valence-electron chi connectivity index (χ1n) is 10.8. The largest absolute Gasteiger partial charge is 0.490 e. The summed E-state index contributed by atoms with van der Waals surface area (Å²) in [7, 11) is 0. The number of rotatable bonds is 10. The van der Waals surface area contributed by atoms with Gasteiger partial charge in [0.05, 0.1) is 6.61 Å². The standard InChI is InChI=1S/C24H28ClFN2O5/c1-17-14-27(15-18-4-7-20(26)8-5-18)10-11-28(17)23(29)16-33-21-9-6-19(25)13-22(21)32-12-2-3-24(30)31/h4-9,13,17H,2-3,10-12,14-16H2,1H3,(H,30,31). The summed E-state index contributed by atoms with van der Waals surface area (Å²) in [6.07, 6.45) is 0.347. The van der Waals surface area contributed by atoms with Crippen LogP contribution in [0.4, 0.5) is 4.39 Å². The molecule has 1 aliphatic rings. The van der Waals surface area contributed by atoms with E-state index in [0.717, 1.165) is 5.56 Å². The lowest BCUT2D eigenvalue weighted by molar-refractivity contribution is -0.138. The minimum absolute atomic E-state index is 0.000266. The van der Waals surface area contributed by atoms with Crippen molar-refractivity contribution in [2.75, 3.05) is 32.8 Å². The summed E-state index contributed by atoms with van der Waals surface area (Å²) in [4.78, 5) is 27.5. The molecule has 1 N–H and O–H groups in total. The zero-order valence-corrected chi connectivity index (χ0v) is 19.3. The first-order valence-corrected chi connectivity index (χ1v) is 11.2. The predicted molar refractivity (Wildman–Crippen MR) is 122 cm³/mol. The fraction of sp³-hybridized carbons (Fsp3) is 0.417. The molecule has 0 aliphatic carbocycles. The van der Waals surface area contributed by atoms with Gasteiger partial charge >= 0.3 is 5.97 Å². The van der Waals surface area contributed by atoms with E-state index in [9.17, 15) is 14.0 Å². The molecule has 1 fully saturated rings. The van der Waals surface area contributed by atoms with Gasteiger partial charge in [-0.15, -0.1) is 0 Å². The number of piperazine rings is 1. The highest BCUT2D eigenvalue weighted by Gasteiger charge is 2.27. The Labute approximate surface area is 197 Å². The van der Waals surface area contributed by atoms with E-state index in [-0.39, 0.29) is 37.4 Å². The number of nitrogens with zero attached hydrogens (tertiary/aromatic N) is 2. The minimum atomic E-state index is -0.890. The predicted octanol–water partition coefficient (Wildman–Crippen LogP) is 3.83. The van der Waals surface area contributed by atoms with E-state index in [4.69, 9.17) is 26.2 Å². The van der Waals surface area contributed by atoms with Crippen LogP contribution in [0.3, 0.4) is 0 Å². The number of benzene rings is 2. The Balaban J connectivity index is 1.50. The highest BCUT2D eigenvalue weighted by molar-refractivity contribution is 6.30. The molecule has 0 aromatic heterocycles. The molecule has 0 saturated carbocycles. The van der Waals surface area contributed by atoms with Gasteiger partial charge in [0.2, 0.25) is 0 Å². The quantitative estimate of drug-likeness (QED) is 0.523. The molecule has 1 aliphatic heterocycles. The summed E-state index contributed by atoms with van der Waals surface area (Å²) < 4.78 is 24.5. The first kappa shape index (κ1) is 24.8. The maximum absolute atomic E-state index is 13.1. The van der Waals surface area contributed by atoms with E-state index >= 15 is 0 Å². The monoisotopic (exact) mass is 478 g/mol. The number of hydrogen-bond acceptors (Lipinski definition) is 5. The number of carboxylic acid groups (broad SMARTS) is 1. The number of hydrogen-bond donors (Lipinski definition) is 1. The topological polar surface area (TPSA) is 79.3 Å². The summed E-state index contributed by atoms with van der Waals surface area (Å²) in [5.41, 5.74) is 1.03. The van der Waals surface area contributed by atoms with Crippen molar-refractivity contribution >= 4 is 23.5 Å². The molecular formula is C24H28ClFN2O5. The van der Waals surface area contributed by atoms with Crippen molar-refractivity contribution in [3.63, 3.8) is 0 Å². The second-order valence-corrected chi connectivity index (χ2v) is 8.46. The molecule has 1 heterocycles. The number of aliphatic carboxylic acids is 1. The minimum Gasteiger partial charge on any atom is -0.490 e. The summed E-state index contributed by atoms with van der Waals surface area (Å²) in [6.45, 7) is 4.75. The SMILES string of the molecule is CC1CN(Cc2ccc(F)cc2)CCN1C(=O)COc1ccc(Cl)cc1OCCCC(=O)O. The Morgan fingerprint density at radius 2 is 1.88 bits per heavy atom. The van der Waals surface area contributed by atoms with Crippen LogP contribution in [0.1, 0.15) is 25.3 Å². The Morgan fingerprint density at radius 3 is 2.58 bits per heavy atom. The number of halogens is 2. The Morgan fingerprint density at radius 1 is 1.12 bits per heavy atom. The lowest BCUT2D eigenvalue weighted by Crippen LogP contribution is -2.54. The van der Waals surface area contributed by atoms with Crippen molar-refractivity contribution in [1.29, 1.82) is 0 Å². The molecule has 0 bridgehead atoms. The molecule has 1 saturated heterocycles. The van der Waals surface area contributed by atoms with Crippen LogP contribution in [-0.2, 0) is 16.1 Å². The van der Waals surface area contributed by atoms with Gasteiger partial charge in [-0.1, -0.05) is 23.7 Å².